The molecule has 6 nitrogen and oxygen atoms in total. The number of carbonyl (C=O) groups excluding carboxylic acids is 1. The lowest BCUT2D eigenvalue weighted by Crippen LogP contribution is -2.45. The van der Waals surface area contributed by atoms with Crippen LogP contribution in [0.25, 0.3) is 0 Å². The third-order valence-corrected chi connectivity index (χ3v) is 4.01. The quantitative estimate of drug-likeness (QED) is 0.387. The maximum absolute atomic E-state index is 12.0. The second-order valence-electron chi connectivity index (χ2n) is 5.52. The molecule has 1 aliphatic rings. The summed E-state index contributed by atoms with van der Waals surface area (Å²) >= 11 is 5.82. The molecule has 1 fully saturated rings. The van der Waals surface area contributed by atoms with E-state index in [9.17, 15) is 4.79 Å². The van der Waals surface area contributed by atoms with Crippen molar-refractivity contribution in [3.05, 3.63) is 46.6 Å². The molecule has 0 saturated carbocycles. The summed E-state index contributed by atoms with van der Waals surface area (Å²) in [5.74, 6) is -0.387. The van der Waals surface area contributed by atoms with Crippen LogP contribution in [0, 0.1) is 11.3 Å². The van der Waals surface area contributed by atoms with Crippen molar-refractivity contribution < 1.29 is 4.79 Å². The molecule has 0 bridgehead atoms. The summed E-state index contributed by atoms with van der Waals surface area (Å²) in [6, 6.07) is 9.13. The van der Waals surface area contributed by atoms with E-state index >= 15 is 0 Å². The van der Waals surface area contributed by atoms with Gasteiger partial charge in [0.25, 0.3) is 5.91 Å². The fourth-order valence-electron chi connectivity index (χ4n) is 2.36. The summed E-state index contributed by atoms with van der Waals surface area (Å²) in [5, 5.41) is 18.8. The first kappa shape index (κ1) is 18.3. The molecule has 1 aromatic carbocycles. The fourth-order valence-corrected chi connectivity index (χ4v) is 2.49. The number of nitrogens with one attached hydrogen (secondary N) is 3. The van der Waals surface area contributed by atoms with E-state index in [1.165, 1.54) is 6.20 Å². The summed E-state index contributed by atoms with van der Waals surface area (Å²) in [6.45, 7) is 6.02. The van der Waals surface area contributed by atoms with E-state index < -0.39 is 0 Å². The van der Waals surface area contributed by atoms with E-state index in [2.05, 4.69) is 20.9 Å². The number of nitriles is 1. The van der Waals surface area contributed by atoms with Crippen LogP contribution in [0.15, 0.2) is 36.0 Å². The standard InChI is InChI=1S/C17H22ClN5O/c18-16-3-1-14(2-4-16)12-22-17(24)15(11-19)13-21-7-10-23-8-5-20-6-9-23/h1-4,13,20-21H,5-10,12H2,(H,22,24)/b15-13-. The zero-order chi connectivity index (χ0) is 17.2. The van der Waals surface area contributed by atoms with Crippen LogP contribution < -0.4 is 16.0 Å². The Morgan fingerprint density at radius 3 is 2.71 bits per heavy atom. The molecule has 1 saturated heterocycles. The summed E-state index contributed by atoms with van der Waals surface area (Å²) in [4.78, 5) is 14.4. The molecule has 2 rings (SSSR count). The maximum Gasteiger partial charge on any atom is 0.263 e. The van der Waals surface area contributed by atoms with E-state index in [0.717, 1.165) is 38.3 Å². The third-order valence-electron chi connectivity index (χ3n) is 3.76. The van der Waals surface area contributed by atoms with E-state index in [1.807, 2.05) is 18.2 Å². The molecule has 1 amide bonds. The van der Waals surface area contributed by atoms with Crippen molar-refractivity contribution in [3.8, 4) is 6.07 Å². The Hall–Kier alpha value is -2.07. The molecule has 0 aliphatic carbocycles. The van der Waals surface area contributed by atoms with Crippen LogP contribution in [-0.4, -0.2) is 50.1 Å². The molecule has 1 aromatic rings. The molecule has 3 N–H and O–H groups in total. The molecular weight excluding hydrogens is 326 g/mol. The number of amides is 1. The molecule has 1 aliphatic heterocycles. The maximum atomic E-state index is 12.0. The largest absolute Gasteiger partial charge is 0.388 e. The summed E-state index contributed by atoms with van der Waals surface area (Å²) in [5.41, 5.74) is 1.00. The van der Waals surface area contributed by atoms with Crippen molar-refractivity contribution in [1.82, 2.24) is 20.9 Å². The highest BCUT2D eigenvalue weighted by molar-refractivity contribution is 6.30. The minimum atomic E-state index is -0.387. The van der Waals surface area contributed by atoms with Crippen LogP contribution in [0.5, 0.6) is 0 Å². The number of carbonyl (C=O) groups is 1. The number of hydrogen-bond donors (Lipinski definition) is 3. The number of nitrogens with zero attached hydrogens (tertiary/aromatic N) is 2. The second kappa shape index (κ2) is 9.93. The Bertz CT molecular complexity index is 602. The van der Waals surface area contributed by atoms with Gasteiger partial charge in [-0.2, -0.15) is 5.26 Å². The smallest absolute Gasteiger partial charge is 0.263 e. The van der Waals surface area contributed by atoms with Gasteiger partial charge in [-0.25, -0.2) is 0 Å². The Balaban J connectivity index is 1.73. The van der Waals surface area contributed by atoms with Crippen molar-refractivity contribution >= 4 is 17.5 Å². The van der Waals surface area contributed by atoms with Gasteiger partial charge in [-0.1, -0.05) is 23.7 Å². The van der Waals surface area contributed by atoms with Gasteiger partial charge in [0, 0.05) is 57.0 Å². The van der Waals surface area contributed by atoms with Crippen LogP contribution in [0.2, 0.25) is 5.02 Å². The summed E-state index contributed by atoms with van der Waals surface area (Å²) < 4.78 is 0. The van der Waals surface area contributed by atoms with E-state index in [1.54, 1.807) is 12.1 Å². The average molecular weight is 348 g/mol. The highest BCUT2D eigenvalue weighted by Gasteiger charge is 2.10. The highest BCUT2D eigenvalue weighted by atomic mass is 35.5. The van der Waals surface area contributed by atoms with Gasteiger partial charge in [-0.15, -0.1) is 0 Å². The van der Waals surface area contributed by atoms with Crippen LogP contribution >= 0.6 is 11.6 Å². The fraction of sp³-hybridized carbons (Fsp3) is 0.412. The zero-order valence-electron chi connectivity index (χ0n) is 13.5. The molecule has 7 heteroatoms. The predicted molar refractivity (Wildman–Crippen MR) is 94.3 cm³/mol. The molecule has 1 heterocycles. The number of hydrogen-bond acceptors (Lipinski definition) is 5. The predicted octanol–water partition coefficient (Wildman–Crippen LogP) is 0.858. The molecule has 0 spiro atoms. The SMILES string of the molecule is N#C/C(=C/NCCN1CCNCC1)C(=O)NCc1ccc(Cl)cc1. The Morgan fingerprint density at radius 1 is 1.33 bits per heavy atom. The van der Waals surface area contributed by atoms with E-state index in [-0.39, 0.29) is 11.5 Å². The molecule has 0 aromatic heterocycles. The van der Waals surface area contributed by atoms with Gasteiger partial charge in [0.05, 0.1) is 0 Å². The van der Waals surface area contributed by atoms with Gasteiger partial charge in [0.1, 0.15) is 11.6 Å². The van der Waals surface area contributed by atoms with Gasteiger partial charge in [-0.3, -0.25) is 9.69 Å². The van der Waals surface area contributed by atoms with Crippen LogP contribution in [0.3, 0.4) is 0 Å². The molecule has 128 valence electrons. The Labute approximate surface area is 147 Å². The van der Waals surface area contributed by atoms with Crippen molar-refractivity contribution in [2.45, 2.75) is 6.54 Å². The van der Waals surface area contributed by atoms with Crippen molar-refractivity contribution in [2.75, 3.05) is 39.3 Å². The molecule has 24 heavy (non-hydrogen) atoms. The van der Waals surface area contributed by atoms with Crippen molar-refractivity contribution in [3.63, 3.8) is 0 Å². The van der Waals surface area contributed by atoms with Gasteiger partial charge in [-0.05, 0) is 17.7 Å². The topological polar surface area (TPSA) is 80.2 Å². The van der Waals surface area contributed by atoms with Crippen LogP contribution in [0.1, 0.15) is 5.56 Å². The monoisotopic (exact) mass is 347 g/mol. The average Bonchev–Trinajstić information content (AvgIpc) is 2.62. The first-order chi connectivity index (χ1) is 11.7. The number of benzene rings is 1. The molecule has 0 radical (unpaired) electrons. The minimum absolute atomic E-state index is 0.0734. The Morgan fingerprint density at radius 2 is 2.04 bits per heavy atom. The first-order valence-electron chi connectivity index (χ1n) is 7.98. The van der Waals surface area contributed by atoms with Gasteiger partial charge in [0.2, 0.25) is 0 Å². The normalized spacial score (nSPS) is 15.6. The zero-order valence-corrected chi connectivity index (χ0v) is 14.3. The van der Waals surface area contributed by atoms with Crippen molar-refractivity contribution in [1.29, 1.82) is 5.26 Å². The number of halogens is 1. The van der Waals surface area contributed by atoms with Crippen LogP contribution in [-0.2, 0) is 11.3 Å². The first-order valence-corrected chi connectivity index (χ1v) is 8.36. The lowest BCUT2D eigenvalue weighted by Gasteiger charge is -2.26. The van der Waals surface area contributed by atoms with E-state index in [4.69, 9.17) is 16.9 Å². The summed E-state index contributed by atoms with van der Waals surface area (Å²) in [7, 11) is 0. The minimum Gasteiger partial charge on any atom is -0.388 e. The Kier molecular flexibility index (Phi) is 7.56. The lowest BCUT2D eigenvalue weighted by molar-refractivity contribution is -0.117. The van der Waals surface area contributed by atoms with E-state index in [0.29, 0.717) is 18.1 Å². The van der Waals surface area contributed by atoms with Crippen LogP contribution in [0.4, 0.5) is 0 Å². The number of rotatable bonds is 7. The second-order valence-corrected chi connectivity index (χ2v) is 5.96. The molecule has 0 atom stereocenters. The van der Waals surface area contributed by atoms with Gasteiger partial charge >= 0.3 is 0 Å². The van der Waals surface area contributed by atoms with Gasteiger partial charge in [0.15, 0.2) is 0 Å². The molecule has 0 unspecified atom stereocenters. The van der Waals surface area contributed by atoms with Crippen molar-refractivity contribution in [2.24, 2.45) is 0 Å². The summed E-state index contributed by atoms with van der Waals surface area (Å²) in [6.07, 6.45) is 1.49. The molecular formula is C17H22ClN5O. The third kappa shape index (κ3) is 6.20. The van der Waals surface area contributed by atoms with Gasteiger partial charge < -0.3 is 16.0 Å². The lowest BCUT2D eigenvalue weighted by atomic mass is 10.2. The number of piperazine rings is 1. The highest BCUT2D eigenvalue weighted by Crippen LogP contribution is 2.09.